The van der Waals surface area contributed by atoms with E-state index in [-0.39, 0.29) is 13.2 Å². The third kappa shape index (κ3) is 2.10. The molecule has 3 N–H and O–H groups in total. The van der Waals surface area contributed by atoms with Crippen molar-refractivity contribution in [2.45, 2.75) is 6.04 Å². The van der Waals surface area contributed by atoms with E-state index in [2.05, 4.69) is 15.5 Å². The average Bonchev–Trinajstić information content (AvgIpc) is 2.36. The Morgan fingerprint density at radius 3 is 2.69 bits per heavy atom. The third-order valence-corrected chi connectivity index (χ3v) is 2.35. The molecule has 1 aromatic carbocycles. The van der Waals surface area contributed by atoms with E-state index in [0.29, 0.717) is 5.82 Å². The summed E-state index contributed by atoms with van der Waals surface area (Å²) in [4.78, 5) is 0. The number of fused-ring (bicyclic) bond motifs is 1. The van der Waals surface area contributed by atoms with E-state index >= 15 is 0 Å². The topological polar surface area (TPSA) is 78.3 Å². The molecule has 84 valence electrons. The Morgan fingerprint density at radius 1 is 1.19 bits per heavy atom. The van der Waals surface area contributed by atoms with Crippen molar-refractivity contribution in [2.75, 3.05) is 18.5 Å². The predicted molar refractivity (Wildman–Crippen MR) is 61.1 cm³/mol. The minimum Gasteiger partial charge on any atom is -0.394 e. The van der Waals surface area contributed by atoms with Crippen LogP contribution in [0.15, 0.2) is 30.5 Å². The number of hydrogen-bond donors (Lipinski definition) is 3. The van der Waals surface area contributed by atoms with Crippen molar-refractivity contribution in [1.29, 1.82) is 0 Å². The Bertz CT molecular complexity index is 466. The van der Waals surface area contributed by atoms with Gasteiger partial charge in [0.1, 0.15) is 0 Å². The summed E-state index contributed by atoms with van der Waals surface area (Å²) >= 11 is 0. The number of aliphatic hydroxyl groups excluding tert-OH is 2. The minimum atomic E-state index is -0.417. The number of hydrogen-bond acceptors (Lipinski definition) is 5. The number of rotatable bonds is 4. The average molecular weight is 219 g/mol. The van der Waals surface area contributed by atoms with Gasteiger partial charge in [-0.2, -0.15) is 5.10 Å². The van der Waals surface area contributed by atoms with Crippen LogP contribution < -0.4 is 5.32 Å². The van der Waals surface area contributed by atoms with Crippen LogP contribution in [0.1, 0.15) is 0 Å². The first-order chi connectivity index (χ1) is 7.85. The molecule has 5 nitrogen and oxygen atoms in total. The zero-order valence-corrected chi connectivity index (χ0v) is 8.67. The SMILES string of the molecule is OCC(CO)Nc1nncc2ccccc12. The van der Waals surface area contributed by atoms with Gasteiger partial charge in [-0.15, -0.1) is 5.10 Å². The summed E-state index contributed by atoms with van der Waals surface area (Å²) in [6.45, 7) is -0.303. The largest absolute Gasteiger partial charge is 0.394 e. The van der Waals surface area contributed by atoms with Gasteiger partial charge in [0.15, 0.2) is 5.82 Å². The highest BCUT2D eigenvalue weighted by atomic mass is 16.3. The molecule has 0 amide bonds. The van der Waals surface area contributed by atoms with Gasteiger partial charge >= 0.3 is 0 Å². The first-order valence-corrected chi connectivity index (χ1v) is 5.04. The molecule has 0 saturated carbocycles. The molecule has 0 saturated heterocycles. The second-order valence-corrected chi connectivity index (χ2v) is 3.49. The fourth-order valence-corrected chi connectivity index (χ4v) is 1.48. The molecule has 5 heteroatoms. The second kappa shape index (κ2) is 4.87. The number of benzene rings is 1. The zero-order valence-electron chi connectivity index (χ0n) is 8.67. The maximum atomic E-state index is 8.99. The Labute approximate surface area is 92.8 Å². The lowest BCUT2D eigenvalue weighted by molar-refractivity contribution is 0.203. The minimum absolute atomic E-state index is 0.151. The summed E-state index contributed by atoms with van der Waals surface area (Å²) in [7, 11) is 0. The summed E-state index contributed by atoms with van der Waals surface area (Å²) in [5, 5.41) is 30.6. The summed E-state index contributed by atoms with van der Waals surface area (Å²) in [5.74, 6) is 0.575. The lowest BCUT2D eigenvalue weighted by Gasteiger charge is -2.14. The van der Waals surface area contributed by atoms with E-state index in [1.165, 1.54) is 0 Å². The molecule has 0 unspecified atom stereocenters. The highest BCUT2D eigenvalue weighted by Gasteiger charge is 2.09. The van der Waals surface area contributed by atoms with E-state index in [1.807, 2.05) is 24.3 Å². The molecular formula is C11H13N3O2. The molecule has 0 aliphatic rings. The second-order valence-electron chi connectivity index (χ2n) is 3.49. The normalized spacial score (nSPS) is 10.9. The van der Waals surface area contributed by atoms with Crippen molar-refractivity contribution in [3.63, 3.8) is 0 Å². The number of anilines is 1. The maximum absolute atomic E-state index is 8.99. The van der Waals surface area contributed by atoms with E-state index < -0.39 is 6.04 Å². The molecule has 0 fully saturated rings. The van der Waals surface area contributed by atoms with Crippen LogP contribution in [0.4, 0.5) is 5.82 Å². The Hall–Kier alpha value is -1.72. The fraction of sp³-hybridized carbons (Fsp3) is 0.273. The smallest absolute Gasteiger partial charge is 0.156 e. The third-order valence-electron chi connectivity index (χ3n) is 2.35. The van der Waals surface area contributed by atoms with Crippen LogP contribution in [-0.4, -0.2) is 39.7 Å². The van der Waals surface area contributed by atoms with Crippen LogP contribution in [0, 0.1) is 0 Å². The predicted octanol–water partition coefficient (Wildman–Crippen LogP) is 0.395. The lowest BCUT2D eigenvalue weighted by atomic mass is 10.2. The van der Waals surface area contributed by atoms with Gasteiger partial charge < -0.3 is 15.5 Å². The first kappa shape index (κ1) is 10.8. The summed E-state index contributed by atoms with van der Waals surface area (Å²) in [6.07, 6.45) is 1.67. The molecule has 1 heterocycles. The van der Waals surface area contributed by atoms with Gasteiger partial charge in [-0.3, -0.25) is 0 Å². The monoisotopic (exact) mass is 219 g/mol. The highest BCUT2D eigenvalue weighted by Crippen LogP contribution is 2.19. The van der Waals surface area contributed by atoms with Gasteiger partial charge in [0.05, 0.1) is 25.5 Å². The van der Waals surface area contributed by atoms with Crippen molar-refractivity contribution in [1.82, 2.24) is 10.2 Å². The van der Waals surface area contributed by atoms with E-state index in [4.69, 9.17) is 10.2 Å². The van der Waals surface area contributed by atoms with Gasteiger partial charge in [0.25, 0.3) is 0 Å². The molecular weight excluding hydrogens is 206 g/mol. The molecule has 0 atom stereocenters. The van der Waals surface area contributed by atoms with Crippen molar-refractivity contribution in [3.05, 3.63) is 30.5 Å². The van der Waals surface area contributed by atoms with Crippen LogP contribution in [0.3, 0.4) is 0 Å². The highest BCUT2D eigenvalue weighted by molar-refractivity contribution is 5.90. The van der Waals surface area contributed by atoms with Crippen molar-refractivity contribution in [2.24, 2.45) is 0 Å². The molecule has 0 spiro atoms. The van der Waals surface area contributed by atoms with Crippen LogP contribution in [0.5, 0.6) is 0 Å². The van der Waals surface area contributed by atoms with Crippen LogP contribution >= 0.6 is 0 Å². The Morgan fingerprint density at radius 2 is 1.94 bits per heavy atom. The van der Waals surface area contributed by atoms with Crippen molar-refractivity contribution in [3.8, 4) is 0 Å². The van der Waals surface area contributed by atoms with Crippen molar-refractivity contribution < 1.29 is 10.2 Å². The number of aromatic nitrogens is 2. The molecule has 1 aromatic heterocycles. The number of nitrogens with zero attached hydrogens (tertiary/aromatic N) is 2. The van der Waals surface area contributed by atoms with Crippen LogP contribution in [0.25, 0.3) is 10.8 Å². The van der Waals surface area contributed by atoms with Gasteiger partial charge in [-0.05, 0) is 0 Å². The van der Waals surface area contributed by atoms with E-state index in [9.17, 15) is 0 Å². The van der Waals surface area contributed by atoms with Gasteiger partial charge in [0.2, 0.25) is 0 Å². The van der Waals surface area contributed by atoms with Gasteiger partial charge in [-0.1, -0.05) is 24.3 Å². The Kier molecular flexibility index (Phi) is 3.28. The summed E-state index contributed by atoms with van der Waals surface area (Å²) in [6, 6.07) is 7.26. The molecule has 2 aromatic rings. The molecule has 16 heavy (non-hydrogen) atoms. The molecule has 0 radical (unpaired) electrons. The fourth-order valence-electron chi connectivity index (χ4n) is 1.48. The number of nitrogens with one attached hydrogen (secondary N) is 1. The summed E-state index contributed by atoms with van der Waals surface area (Å²) < 4.78 is 0. The maximum Gasteiger partial charge on any atom is 0.156 e. The van der Waals surface area contributed by atoms with Crippen LogP contribution in [0.2, 0.25) is 0 Å². The standard InChI is InChI=1S/C11H13N3O2/c15-6-9(7-16)13-11-10-4-2-1-3-8(10)5-12-14-11/h1-5,9,15-16H,6-7H2,(H,13,14). The van der Waals surface area contributed by atoms with Gasteiger partial charge in [0, 0.05) is 10.8 Å². The Balaban J connectivity index is 2.36. The van der Waals surface area contributed by atoms with Gasteiger partial charge in [-0.25, -0.2) is 0 Å². The van der Waals surface area contributed by atoms with Crippen molar-refractivity contribution >= 4 is 16.6 Å². The molecule has 2 rings (SSSR count). The molecule has 0 bridgehead atoms. The van der Waals surface area contributed by atoms with Crippen LogP contribution in [-0.2, 0) is 0 Å². The quantitative estimate of drug-likeness (QED) is 0.693. The number of aliphatic hydroxyl groups is 2. The summed E-state index contributed by atoms with van der Waals surface area (Å²) in [5.41, 5.74) is 0. The molecule has 0 aliphatic heterocycles. The zero-order chi connectivity index (χ0) is 11.4. The first-order valence-electron chi connectivity index (χ1n) is 5.04. The van der Waals surface area contributed by atoms with E-state index in [1.54, 1.807) is 6.20 Å². The lowest BCUT2D eigenvalue weighted by Crippen LogP contribution is -2.28. The molecule has 0 aliphatic carbocycles. The van der Waals surface area contributed by atoms with E-state index in [0.717, 1.165) is 10.8 Å².